The number of thiazole rings is 1. The van der Waals surface area contributed by atoms with Crippen LogP contribution in [0.4, 0.5) is 0 Å². The lowest BCUT2D eigenvalue weighted by Gasteiger charge is -2.06. The van der Waals surface area contributed by atoms with E-state index in [1.807, 2.05) is 34.9 Å². The summed E-state index contributed by atoms with van der Waals surface area (Å²) in [4.78, 5) is 9.16. The van der Waals surface area contributed by atoms with Gasteiger partial charge in [0.2, 0.25) is 5.88 Å². The van der Waals surface area contributed by atoms with Gasteiger partial charge in [0.15, 0.2) is 15.4 Å². The van der Waals surface area contributed by atoms with Gasteiger partial charge in [-0.1, -0.05) is 41.7 Å². The van der Waals surface area contributed by atoms with Crippen molar-refractivity contribution in [1.82, 2.24) is 14.5 Å². The number of aryl methyl sites for hydroxylation is 1. The van der Waals surface area contributed by atoms with E-state index in [1.165, 1.54) is 11.3 Å². The second kappa shape index (κ2) is 5.30. The van der Waals surface area contributed by atoms with Gasteiger partial charge >= 0.3 is 0 Å². The number of aromatic nitrogens is 3. The topological polar surface area (TPSA) is 39.9 Å². The SMILES string of the molecule is CCn1c(=S)sc2c(OC)nc(-c3ccccc3)nc21. The second-order valence-corrected chi connectivity index (χ2v) is 5.83. The number of hydrogen-bond acceptors (Lipinski definition) is 5. The molecule has 2 aromatic heterocycles. The van der Waals surface area contributed by atoms with Crippen molar-refractivity contribution < 1.29 is 4.74 Å². The normalized spacial score (nSPS) is 10.9. The quantitative estimate of drug-likeness (QED) is 0.688. The van der Waals surface area contributed by atoms with Crippen LogP contribution in [0.5, 0.6) is 5.88 Å². The zero-order chi connectivity index (χ0) is 14.1. The highest BCUT2D eigenvalue weighted by Crippen LogP contribution is 2.31. The lowest BCUT2D eigenvalue weighted by Crippen LogP contribution is -1.99. The Balaban J connectivity index is 2.33. The van der Waals surface area contributed by atoms with Gasteiger partial charge in [-0.3, -0.25) is 0 Å². The molecule has 3 rings (SSSR count). The summed E-state index contributed by atoms with van der Waals surface area (Å²) in [5.74, 6) is 1.24. The molecular formula is C14H13N3OS2. The largest absolute Gasteiger partial charge is 0.480 e. The molecular weight excluding hydrogens is 290 g/mol. The third-order valence-electron chi connectivity index (χ3n) is 3.02. The molecule has 4 nitrogen and oxygen atoms in total. The highest BCUT2D eigenvalue weighted by molar-refractivity contribution is 7.73. The lowest BCUT2D eigenvalue weighted by molar-refractivity contribution is 0.404. The van der Waals surface area contributed by atoms with Crippen LogP contribution in [0.3, 0.4) is 0 Å². The van der Waals surface area contributed by atoms with E-state index in [1.54, 1.807) is 7.11 Å². The Morgan fingerprint density at radius 3 is 2.65 bits per heavy atom. The van der Waals surface area contributed by atoms with Crippen molar-refractivity contribution in [2.75, 3.05) is 7.11 Å². The fourth-order valence-electron chi connectivity index (χ4n) is 2.05. The molecule has 3 aromatic rings. The van der Waals surface area contributed by atoms with Gasteiger partial charge in [0.25, 0.3) is 0 Å². The van der Waals surface area contributed by atoms with Crippen LogP contribution in [0.15, 0.2) is 30.3 Å². The van der Waals surface area contributed by atoms with E-state index in [0.717, 1.165) is 26.4 Å². The third-order valence-corrected chi connectivity index (χ3v) is 4.45. The minimum Gasteiger partial charge on any atom is -0.480 e. The molecule has 0 unspecified atom stereocenters. The predicted molar refractivity (Wildman–Crippen MR) is 83.9 cm³/mol. The molecule has 6 heteroatoms. The molecule has 0 aliphatic heterocycles. The Kier molecular flexibility index (Phi) is 3.50. The van der Waals surface area contributed by atoms with E-state index in [2.05, 4.69) is 16.9 Å². The monoisotopic (exact) mass is 303 g/mol. The van der Waals surface area contributed by atoms with Gasteiger partial charge in [0.05, 0.1) is 7.11 Å². The fourth-order valence-corrected chi connectivity index (χ4v) is 3.48. The van der Waals surface area contributed by atoms with Crippen molar-refractivity contribution in [3.8, 4) is 17.3 Å². The molecule has 20 heavy (non-hydrogen) atoms. The van der Waals surface area contributed by atoms with Crippen LogP contribution in [0.1, 0.15) is 6.92 Å². The second-order valence-electron chi connectivity index (χ2n) is 4.19. The first-order valence-corrected chi connectivity index (χ1v) is 7.48. The number of nitrogens with zero attached hydrogens (tertiary/aromatic N) is 3. The number of benzene rings is 1. The van der Waals surface area contributed by atoms with E-state index in [9.17, 15) is 0 Å². The van der Waals surface area contributed by atoms with Gasteiger partial charge < -0.3 is 9.30 Å². The number of hydrogen-bond donors (Lipinski definition) is 0. The molecule has 0 spiro atoms. The molecule has 0 saturated carbocycles. The maximum atomic E-state index is 5.40. The highest BCUT2D eigenvalue weighted by Gasteiger charge is 2.15. The van der Waals surface area contributed by atoms with Crippen LogP contribution in [-0.2, 0) is 6.54 Å². The van der Waals surface area contributed by atoms with E-state index >= 15 is 0 Å². The van der Waals surface area contributed by atoms with Crippen molar-refractivity contribution in [2.45, 2.75) is 13.5 Å². The number of methoxy groups -OCH3 is 1. The van der Waals surface area contributed by atoms with E-state index in [0.29, 0.717) is 11.7 Å². The van der Waals surface area contributed by atoms with E-state index in [4.69, 9.17) is 17.0 Å². The molecule has 102 valence electrons. The van der Waals surface area contributed by atoms with E-state index < -0.39 is 0 Å². The Morgan fingerprint density at radius 2 is 2.00 bits per heavy atom. The average Bonchev–Trinajstić information content (AvgIpc) is 2.82. The smallest absolute Gasteiger partial charge is 0.236 e. The number of rotatable bonds is 3. The van der Waals surface area contributed by atoms with Gasteiger partial charge in [-0.15, -0.1) is 0 Å². The summed E-state index contributed by atoms with van der Waals surface area (Å²) in [6.45, 7) is 2.84. The summed E-state index contributed by atoms with van der Waals surface area (Å²) >= 11 is 6.86. The van der Waals surface area contributed by atoms with Crippen LogP contribution < -0.4 is 4.74 Å². The van der Waals surface area contributed by atoms with Crippen LogP contribution in [0, 0.1) is 3.95 Å². The van der Waals surface area contributed by atoms with Crippen molar-refractivity contribution in [2.24, 2.45) is 0 Å². The average molecular weight is 303 g/mol. The molecule has 0 bridgehead atoms. The van der Waals surface area contributed by atoms with E-state index in [-0.39, 0.29) is 0 Å². The van der Waals surface area contributed by atoms with Crippen LogP contribution in [-0.4, -0.2) is 21.6 Å². The molecule has 0 fully saturated rings. The number of fused-ring (bicyclic) bond motifs is 1. The summed E-state index contributed by atoms with van der Waals surface area (Å²) < 4.78 is 9.10. The maximum Gasteiger partial charge on any atom is 0.236 e. The summed E-state index contributed by atoms with van der Waals surface area (Å²) in [5.41, 5.74) is 1.81. The zero-order valence-corrected chi connectivity index (χ0v) is 12.8. The standard InChI is InChI=1S/C14H13N3OS2/c1-3-17-12-10(20-14(17)19)13(18-2)16-11(15-12)9-7-5-4-6-8-9/h4-8H,3H2,1-2H3. The first-order valence-electron chi connectivity index (χ1n) is 6.25. The minimum atomic E-state index is 0.581. The fraction of sp³-hybridized carbons (Fsp3) is 0.214. The van der Waals surface area contributed by atoms with Crippen molar-refractivity contribution in [1.29, 1.82) is 0 Å². The van der Waals surface area contributed by atoms with Gasteiger partial charge in [-0.2, -0.15) is 4.98 Å². The summed E-state index contributed by atoms with van der Waals surface area (Å²) in [6.07, 6.45) is 0. The first kappa shape index (κ1) is 13.2. The maximum absolute atomic E-state index is 5.40. The van der Waals surface area contributed by atoms with Crippen molar-refractivity contribution >= 4 is 33.9 Å². The first-order chi connectivity index (χ1) is 9.74. The van der Waals surface area contributed by atoms with Gasteiger partial charge in [-0.05, 0) is 19.1 Å². The van der Waals surface area contributed by atoms with Crippen LogP contribution in [0.2, 0.25) is 0 Å². The Morgan fingerprint density at radius 1 is 1.25 bits per heavy atom. The molecule has 0 saturated heterocycles. The summed E-state index contributed by atoms with van der Waals surface area (Å²) in [5, 5.41) is 0. The molecule has 1 aromatic carbocycles. The van der Waals surface area contributed by atoms with Crippen LogP contribution in [0.25, 0.3) is 21.7 Å². The summed E-state index contributed by atoms with van der Waals surface area (Å²) in [6, 6.07) is 9.87. The van der Waals surface area contributed by atoms with Crippen molar-refractivity contribution in [3.63, 3.8) is 0 Å². The molecule has 0 aliphatic rings. The molecule has 2 heterocycles. The number of ether oxygens (including phenoxy) is 1. The molecule has 0 aliphatic carbocycles. The van der Waals surface area contributed by atoms with Crippen molar-refractivity contribution in [3.05, 3.63) is 34.3 Å². The lowest BCUT2D eigenvalue weighted by atomic mass is 10.2. The third kappa shape index (κ3) is 2.10. The minimum absolute atomic E-state index is 0.581. The zero-order valence-electron chi connectivity index (χ0n) is 11.2. The molecule has 0 N–H and O–H groups in total. The Hall–Kier alpha value is -1.79. The van der Waals surface area contributed by atoms with Gasteiger partial charge in [-0.25, -0.2) is 4.98 Å². The van der Waals surface area contributed by atoms with Crippen LogP contribution >= 0.6 is 23.6 Å². The highest BCUT2D eigenvalue weighted by atomic mass is 32.1. The van der Waals surface area contributed by atoms with Gasteiger partial charge in [0.1, 0.15) is 4.70 Å². The molecule has 0 radical (unpaired) electrons. The predicted octanol–water partition coefficient (Wildman–Crippen LogP) is 3.92. The molecule has 0 amide bonds. The van der Waals surface area contributed by atoms with Gasteiger partial charge in [0, 0.05) is 12.1 Å². The Labute approximate surface area is 125 Å². The summed E-state index contributed by atoms with van der Waals surface area (Å²) in [7, 11) is 1.62. The molecule has 0 atom stereocenters. The Bertz CT molecular complexity index is 808.